The maximum Gasteiger partial charge on any atom is 0.251 e. The van der Waals surface area contributed by atoms with E-state index in [1.165, 1.54) is 0 Å². The third-order valence-corrected chi connectivity index (χ3v) is 3.14. The number of amides is 2. The number of benzene rings is 1. The number of carbonyl (C=O) groups is 2. The molecule has 0 saturated heterocycles. The van der Waals surface area contributed by atoms with E-state index in [1.54, 1.807) is 37.1 Å². The normalized spacial score (nSPS) is 11.6. The molecule has 0 aromatic heterocycles. The number of carbonyl (C=O) groups excluding carboxylic acids is 2. The standard InChI is InChI=1S/C15H23N3O3/c1-5-18(4)15(20)10(3)17-14(19)11-7-8-13(21-6-2)12(16)9-11/h7-10H,5-6,16H2,1-4H3,(H,17,19). The van der Waals surface area contributed by atoms with Crippen molar-refractivity contribution in [3.05, 3.63) is 23.8 Å². The van der Waals surface area contributed by atoms with E-state index in [0.717, 1.165) is 0 Å². The highest BCUT2D eigenvalue weighted by molar-refractivity contribution is 5.98. The number of nitrogens with two attached hydrogens (primary N) is 1. The molecule has 1 aromatic rings. The molecule has 0 radical (unpaired) electrons. The van der Waals surface area contributed by atoms with Crippen LogP contribution in [0.25, 0.3) is 0 Å². The zero-order valence-electron chi connectivity index (χ0n) is 13.0. The van der Waals surface area contributed by atoms with Crippen molar-refractivity contribution in [1.29, 1.82) is 0 Å². The topological polar surface area (TPSA) is 84.7 Å². The van der Waals surface area contributed by atoms with Gasteiger partial charge in [-0.1, -0.05) is 0 Å². The van der Waals surface area contributed by atoms with Crippen molar-refractivity contribution < 1.29 is 14.3 Å². The lowest BCUT2D eigenvalue weighted by Crippen LogP contribution is -2.45. The molecule has 1 unspecified atom stereocenters. The van der Waals surface area contributed by atoms with E-state index in [9.17, 15) is 9.59 Å². The van der Waals surface area contributed by atoms with Crippen molar-refractivity contribution in [2.75, 3.05) is 25.9 Å². The lowest BCUT2D eigenvalue weighted by atomic mass is 10.1. The molecule has 0 aliphatic rings. The van der Waals surface area contributed by atoms with Crippen LogP contribution in [-0.4, -0.2) is 43.0 Å². The van der Waals surface area contributed by atoms with Gasteiger partial charge >= 0.3 is 0 Å². The van der Waals surface area contributed by atoms with Crippen molar-refractivity contribution in [1.82, 2.24) is 10.2 Å². The molecule has 1 aromatic carbocycles. The van der Waals surface area contributed by atoms with Crippen LogP contribution < -0.4 is 15.8 Å². The first kappa shape index (κ1) is 16.8. The minimum absolute atomic E-state index is 0.134. The van der Waals surface area contributed by atoms with Crippen LogP contribution in [0.4, 0.5) is 5.69 Å². The van der Waals surface area contributed by atoms with E-state index in [-0.39, 0.29) is 11.8 Å². The van der Waals surface area contributed by atoms with Gasteiger partial charge in [0, 0.05) is 19.2 Å². The van der Waals surface area contributed by atoms with Crippen LogP contribution in [0.15, 0.2) is 18.2 Å². The molecule has 21 heavy (non-hydrogen) atoms. The van der Waals surface area contributed by atoms with Gasteiger partial charge in [0.25, 0.3) is 5.91 Å². The van der Waals surface area contributed by atoms with Gasteiger partial charge in [0.15, 0.2) is 0 Å². The summed E-state index contributed by atoms with van der Waals surface area (Å²) in [5.41, 5.74) is 6.62. The summed E-state index contributed by atoms with van der Waals surface area (Å²) in [5, 5.41) is 2.66. The summed E-state index contributed by atoms with van der Waals surface area (Å²) in [6, 6.07) is 4.23. The monoisotopic (exact) mass is 293 g/mol. The molecular formula is C15H23N3O3. The van der Waals surface area contributed by atoms with Gasteiger partial charge in [-0.3, -0.25) is 9.59 Å². The van der Waals surface area contributed by atoms with E-state index < -0.39 is 6.04 Å². The Hall–Kier alpha value is -2.24. The summed E-state index contributed by atoms with van der Waals surface area (Å²) in [5.74, 6) is 0.0729. The van der Waals surface area contributed by atoms with Crippen molar-refractivity contribution >= 4 is 17.5 Å². The fourth-order valence-electron chi connectivity index (χ4n) is 1.80. The molecule has 0 spiro atoms. The summed E-state index contributed by atoms with van der Waals surface area (Å²) >= 11 is 0. The number of rotatable bonds is 6. The lowest BCUT2D eigenvalue weighted by molar-refractivity contribution is -0.131. The minimum Gasteiger partial charge on any atom is -0.492 e. The zero-order chi connectivity index (χ0) is 16.0. The molecule has 2 amide bonds. The fourth-order valence-corrected chi connectivity index (χ4v) is 1.80. The Morgan fingerprint density at radius 1 is 1.38 bits per heavy atom. The molecule has 0 aliphatic carbocycles. The van der Waals surface area contributed by atoms with E-state index >= 15 is 0 Å². The average Bonchev–Trinajstić information content (AvgIpc) is 2.47. The number of anilines is 1. The maximum atomic E-state index is 12.1. The zero-order valence-corrected chi connectivity index (χ0v) is 13.0. The predicted octanol–water partition coefficient (Wildman–Crippen LogP) is 1.26. The number of hydrogen-bond acceptors (Lipinski definition) is 4. The van der Waals surface area contributed by atoms with Gasteiger partial charge in [-0.2, -0.15) is 0 Å². The van der Waals surface area contributed by atoms with Crippen LogP contribution in [0.1, 0.15) is 31.1 Å². The molecular weight excluding hydrogens is 270 g/mol. The van der Waals surface area contributed by atoms with E-state index in [4.69, 9.17) is 10.5 Å². The molecule has 1 atom stereocenters. The van der Waals surface area contributed by atoms with Crippen molar-refractivity contribution in [3.63, 3.8) is 0 Å². The number of nitrogen functional groups attached to an aromatic ring is 1. The van der Waals surface area contributed by atoms with Gasteiger partial charge in [0.2, 0.25) is 5.91 Å². The fraction of sp³-hybridized carbons (Fsp3) is 0.467. The third kappa shape index (κ3) is 4.37. The van der Waals surface area contributed by atoms with Crippen LogP contribution in [0.3, 0.4) is 0 Å². The van der Waals surface area contributed by atoms with Crippen LogP contribution in [0, 0.1) is 0 Å². The van der Waals surface area contributed by atoms with Crippen LogP contribution in [-0.2, 0) is 4.79 Å². The Balaban J connectivity index is 2.76. The second-order valence-corrected chi connectivity index (χ2v) is 4.73. The largest absolute Gasteiger partial charge is 0.492 e. The lowest BCUT2D eigenvalue weighted by Gasteiger charge is -2.20. The highest BCUT2D eigenvalue weighted by Crippen LogP contribution is 2.22. The van der Waals surface area contributed by atoms with E-state index in [1.807, 2.05) is 13.8 Å². The Bertz CT molecular complexity index is 517. The van der Waals surface area contributed by atoms with Crippen LogP contribution in [0.5, 0.6) is 5.75 Å². The van der Waals surface area contributed by atoms with E-state index in [2.05, 4.69) is 5.32 Å². The van der Waals surface area contributed by atoms with Crippen molar-refractivity contribution in [3.8, 4) is 5.75 Å². The van der Waals surface area contributed by atoms with Gasteiger partial charge in [0.05, 0.1) is 12.3 Å². The number of ether oxygens (including phenoxy) is 1. The number of nitrogens with zero attached hydrogens (tertiary/aromatic N) is 1. The maximum absolute atomic E-state index is 12.1. The highest BCUT2D eigenvalue weighted by atomic mass is 16.5. The van der Waals surface area contributed by atoms with E-state index in [0.29, 0.717) is 30.2 Å². The Morgan fingerprint density at radius 3 is 2.57 bits per heavy atom. The average molecular weight is 293 g/mol. The molecule has 6 heteroatoms. The first-order valence-corrected chi connectivity index (χ1v) is 6.98. The SMILES string of the molecule is CCOc1ccc(C(=O)NC(C)C(=O)N(C)CC)cc1N. The van der Waals surface area contributed by atoms with Gasteiger partial charge in [-0.15, -0.1) is 0 Å². The van der Waals surface area contributed by atoms with Crippen molar-refractivity contribution in [2.24, 2.45) is 0 Å². The van der Waals surface area contributed by atoms with Gasteiger partial charge in [0.1, 0.15) is 11.8 Å². The first-order valence-electron chi connectivity index (χ1n) is 6.98. The smallest absolute Gasteiger partial charge is 0.251 e. The third-order valence-electron chi connectivity index (χ3n) is 3.14. The van der Waals surface area contributed by atoms with Crippen molar-refractivity contribution in [2.45, 2.75) is 26.8 Å². The van der Waals surface area contributed by atoms with Gasteiger partial charge in [-0.25, -0.2) is 0 Å². The van der Waals surface area contributed by atoms with Gasteiger partial charge in [-0.05, 0) is 39.0 Å². The molecule has 0 bridgehead atoms. The molecule has 6 nitrogen and oxygen atoms in total. The second-order valence-electron chi connectivity index (χ2n) is 4.73. The van der Waals surface area contributed by atoms with Crippen LogP contribution >= 0.6 is 0 Å². The molecule has 0 heterocycles. The summed E-state index contributed by atoms with van der Waals surface area (Å²) in [4.78, 5) is 25.6. The summed E-state index contributed by atoms with van der Waals surface area (Å²) < 4.78 is 5.32. The molecule has 3 N–H and O–H groups in total. The Morgan fingerprint density at radius 2 is 2.05 bits per heavy atom. The number of likely N-dealkylation sites (N-methyl/N-ethyl adjacent to an activating group) is 1. The highest BCUT2D eigenvalue weighted by Gasteiger charge is 2.19. The quantitative estimate of drug-likeness (QED) is 0.773. The Labute approximate surface area is 125 Å². The van der Waals surface area contributed by atoms with Gasteiger partial charge < -0.3 is 20.7 Å². The molecule has 116 valence electrons. The summed E-state index contributed by atoms with van der Waals surface area (Å²) in [6.45, 7) is 6.49. The predicted molar refractivity (Wildman–Crippen MR) is 82.3 cm³/mol. The number of nitrogens with one attached hydrogen (secondary N) is 1. The van der Waals surface area contributed by atoms with Crippen LogP contribution in [0.2, 0.25) is 0 Å². The molecule has 0 saturated carbocycles. The summed E-state index contributed by atoms with van der Waals surface area (Å²) in [6.07, 6.45) is 0. The number of hydrogen-bond donors (Lipinski definition) is 2. The Kier molecular flexibility index (Phi) is 6.02. The minimum atomic E-state index is -0.588. The first-order chi connectivity index (χ1) is 9.90. The summed E-state index contributed by atoms with van der Waals surface area (Å²) in [7, 11) is 1.69. The molecule has 1 rings (SSSR count). The molecule has 0 fully saturated rings. The second kappa shape index (κ2) is 7.52. The molecule has 0 aliphatic heterocycles.